The molecule has 2 aromatic carbocycles. The SMILES string of the molecule is CCOC(=O)C1(CCOc2ccccc2)CCN(C(=O)Nc2ccc(C)cc2C)CC1. The molecule has 2 amide bonds. The van der Waals surface area contributed by atoms with Crippen molar-refractivity contribution in [2.75, 3.05) is 31.6 Å². The van der Waals surface area contributed by atoms with E-state index in [1.54, 1.807) is 4.90 Å². The van der Waals surface area contributed by atoms with Crippen LogP contribution in [0.2, 0.25) is 0 Å². The largest absolute Gasteiger partial charge is 0.494 e. The number of nitrogens with one attached hydrogen (secondary N) is 1. The fourth-order valence-corrected chi connectivity index (χ4v) is 4.01. The first kappa shape index (κ1) is 22.7. The zero-order valence-corrected chi connectivity index (χ0v) is 18.6. The summed E-state index contributed by atoms with van der Waals surface area (Å²) in [5.41, 5.74) is 2.38. The molecule has 3 rings (SSSR count). The smallest absolute Gasteiger partial charge is 0.321 e. The van der Waals surface area contributed by atoms with Crippen molar-refractivity contribution >= 4 is 17.7 Å². The van der Waals surface area contributed by atoms with Crippen LogP contribution in [0, 0.1) is 19.3 Å². The molecular weight excluding hydrogens is 392 g/mol. The number of para-hydroxylation sites is 1. The van der Waals surface area contributed by atoms with Gasteiger partial charge in [0.1, 0.15) is 5.75 Å². The van der Waals surface area contributed by atoms with Crippen molar-refractivity contribution in [2.24, 2.45) is 5.41 Å². The van der Waals surface area contributed by atoms with Crippen LogP contribution in [0.1, 0.15) is 37.3 Å². The van der Waals surface area contributed by atoms with Crippen molar-refractivity contribution in [3.8, 4) is 5.75 Å². The van der Waals surface area contributed by atoms with Crippen LogP contribution >= 0.6 is 0 Å². The van der Waals surface area contributed by atoms with E-state index in [-0.39, 0.29) is 12.0 Å². The summed E-state index contributed by atoms with van der Waals surface area (Å²) in [5.74, 6) is 0.591. The lowest BCUT2D eigenvalue weighted by Gasteiger charge is -2.39. The van der Waals surface area contributed by atoms with Crippen LogP contribution in [-0.4, -0.2) is 43.2 Å². The van der Waals surface area contributed by atoms with Gasteiger partial charge in [-0.3, -0.25) is 4.79 Å². The van der Waals surface area contributed by atoms with Crippen molar-refractivity contribution in [3.63, 3.8) is 0 Å². The number of benzene rings is 2. The van der Waals surface area contributed by atoms with E-state index in [1.165, 1.54) is 0 Å². The fourth-order valence-electron chi connectivity index (χ4n) is 4.01. The van der Waals surface area contributed by atoms with Gasteiger partial charge in [-0.25, -0.2) is 4.79 Å². The number of hydrogen-bond donors (Lipinski definition) is 1. The van der Waals surface area contributed by atoms with E-state index in [2.05, 4.69) is 5.32 Å². The van der Waals surface area contributed by atoms with Crippen molar-refractivity contribution in [1.82, 2.24) is 4.90 Å². The van der Waals surface area contributed by atoms with Gasteiger partial charge < -0.3 is 19.7 Å². The van der Waals surface area contributed by atoms with Gasteiger partial charge in [0.15, 0.2) is 0 Å². The van der Waals surface area contributed by atoms with Crippen LogP contribution in [-0.2, 0) is 9.53 Å². The maximum absolute atomic E-state index is 12.8. The molecule has 1 fully saturated rings. The van der Waals surface area contributed by atoms with E-state index in [1.807, 2.05) is 69.3 Å². The highest BCUT2D eigenvalue weighted by Crippen LogP contribution is 2.37. The lowest BCUT2D eigenvalue weighted by atomic mass is 9.76. The second-order valence-electron chi connectivity index (χ2n) is 8.15. The zero-order chi connectivity index (χ0) is 22.3. The second kappa shape index (κ2) is 10.3. The molecule has 0 spiro atoms. The molecule has 31 heavy (non-hydrogen) atoms. The van der Waals surface area contributed by atoms with Crippen molar-refractivity contribution in [1.29, 1.82) is 0 Å². The number of carbonyl (C=O) groups is 2. The average molecular weight is 425 g/mol. The summed E-state index contributed by atoms with van der Waals surface area (Å²) >= 11 is 0. The number of hydrogen-bond acceptors (Lipinski definition) is 4. The first-order chi connectivity index (χ1) is 14.9. The maximum Gasteiger partial charge on any atom is 0.321 e. The Kier molecular flexibility index (Phi) is 7.55. The Hall–Kier alpha value is -3.02. The van der Waals surface area contributed by atoms with Crippen molar-refractivity contribution < 1.29 is 19.1 Å². The van der Waals surface area contributed by atoms with Crippen LogP contribution in [0.5, 0.6) is 5.75 Å². The predicted molar refractivity (Wildman–Crippen MR) is 121 cm³/mol. The number of urea groups is 1. The van der Waals surface area contributed by atoms with E-state index in [9.17, 15) is 9.59 Å². The quantitative estimate of drug-likeness (QED) is 0.639. The van der Waals surface area contributed by atoms with Crippen molar-refractivity contribution in [3.05, 3.63) is 59.7 Å². The molecule has 1 saturated heterocycles. The number of aryl methyl sites for hydroxylation is 2. The molecule has 0 saturated carbocycles. The van der Waals surface area contributed by atoms with Gasteiger partial charge in [0, 0.05) is 18.8 Å². The summed E-state index contributed by atoms with van der Waals surface area (Å²) in [7, 11) is 0. The summed E-state index contributed by atoms with van der Waals surface area (Å²) in [5, 5.41) is 3.00. The maximum atomic E-state index is 12.8. The Labute approximate surface area is 184 Å². The summed E-state index contributed by atoms with van der Waals surface area (Å²) in [6.45, 7) is 7.60. The summed E-state index contributed by atoms with van der Waals surface area (Å²) < 4.78 is 11.2. The van der Waals surface area contributed by atoms with Crippen molar-refractivity contribution in [2.45, 2.75) is 40.0 Å². The molecule has 0 atom stereocenters. The molecule has 6 nitrogen and oxygen atoms in total. The normalized spacial score (nSPS) is 15.3. The number of ether oxygens (including phenoxy) is 2. The monoisotopic (exact) mass is 424 g/mol. The van der Waals surface area contributed by atoms with Gasteiger partial charge in [0.05, 0.1) is 18.6 Å². The molecule has 6 heteroatoms. The van der Waals surface area contributed by atoms with Gasteiger partial charge in [0.25, 0.3) is 0 Å². The lowest BCUT2D eigenvalue weighted by Crippen LogP contribution is -2.49. The zero-order valence-electron chi connectivity index (χ0n) is 18.6. The van der Waals surface area contributed by atoms with Crippen LogP contribution in [0.15, 0.2) is 48.5 Å². The van der Waals surface area contributed by atoms with E-state index in [0.717, 1.165) is 22.6 Å². The Morgan fingerprint density at radius 3 is 2.42 bits per heavy atom. The number of likely N-dealkylation sites (tertiary alicyclic amines) is 1. The minimum Gasteiger partial charge on any atom is -0.494 e. The Balaban J connectivity index is 1.60. The van der Waals surface area contributed by atoms with Gasteiger partial charge in [-0.15, -0.1) is 0 Å². The van der Waals surface area contributed by atoms with E-state index in [4.69, 9.17) is 9.47 Å². The minimum atomic E-state index is -0.624. The number of amides is 2. The first-order valence-corrected chi connectivity index (χ1v) is 10.9. The first-order valence-electron chi connectivity index (χ1n) is 10.9. The highest BCUT2D eigenvalue weighted by atomic mass is 16.5. The fraction of sp³-hybridized carbons (Fsp3) is 0.440. The molecule has 0 radical (unpaired) electrons. The number of nitrogens with zero attached hydrogens (tertiary/aromatic N) is 1. The molecule has 1 aliphatic rings. The Morgan fingerprint density at radius 2 is 1.77 bits per heavy atom. The summed E-state index contributed by atoms with van der Waals surface area (Å²) in [4.78, 5) is 27.4. The van der Waals surface area contributed by atoms with E-state index >= 15 is 0 Å². The van der Waals surface area contributed by atoms with Gasteiger partial charge in [-0.2, -0.15) is 0 Å². The Morgan fingerprint density at radius 1 is 1.06 bits per heavy atom. The van der Waals surface area contributed by atoms with Gasteiger partial charge in [-0.05, 0) is 63.8 Å². The van der Waals surface area contributed by atoms with Gasteiger partial charge in [-0.1, -0.05) is 35.9 Å². The molecular formula is C25H32N2O4. The average Bonchev–Trinajstić information content (AvgIpc) is 2.77. The standard InChI is InChI=1S/C25H32N2O4/c1-4-30-23(28)25(14-17-31-21-8-6-5-7-9-21)12-15-27(16-13-25)24(29)26-22-11-10-19(2)18-20(22)3/h5-11,18H,4,12-17H2,1-3H3,(H,26,29). The molecule has 166 valence electrons. The summed E-state index contributed by atoms with van der Waals surface area (Å²) in [6, 6.07) is 15.4. The highest BCUT2D eigenvalue weighted by Gasteiger charge is 2.43. The Bertz CT molecular complexity index is 890. The lowest BCUT2D eigenvalue weighted by molar-refractivity contribution is -0.159. The van der Waals surface area contributed by atoms with Crippen LogP contribution in [0.25, 0.3) is 0 Å². The van der Waals surface area contributed by atoms with Gasteiger partial charge >= 0.3 is 12.0 Å². The topological polar surface area (TPSA) is 67.9 Å². The molecule has 2 aromatic rings. The van der Waals surface area contributed by atoms with Crippen LogP contribution in [0.4, 0.5) is 10.5 Å². The third-order valence-electron chi connectivity index (χ3n) is 5.93. The second-order valence-corrected chi connectivity index (χ2v) is 8.15. The third kappa shape index (κ3) is 5.78. The highest BCUT2D eigenvalue weighted by molar-refractivity contribution is 5.90. The van der Waals surface area contributed by atoms with E-state index < -0.39 is 5.41 Å². The molecule has 0 unspecified atom stereocenters. The molecule has 0 aromatic heterocycles. The molecule has 0 bridgehead atoms. The van der Waals surface area contributed by atoms with Crippen LogP contribution < -0.4 is 10.1 Å². The van der Waals surface area contributed by atoms with Gasteiger partial charge in [0.2, 0.25) is 0 Å². The molecule has 1 aliphatic heterocycles. The molecule has 1 N–H and O–H groups in total. The molecule has 0 aliphatic carbocycles. The summed E-state index contributed by atoms with van der Waals surface area (Å²) in [6.07, 6.45) is 1.68. The number of carbonyl (C=O) groups excluding carboxylic acids is 2. The van der Waals surface area contributed by atoms with E-state index in [0.29, 0.717) is 45.6 Å². The third-order valence-corrected chi connectivity index (χ3v) is 5.93. The predicted octanol–water partition coefficient (Wildman–Crippen LogP) is 4.95. The molecule has 1 heterocycles. The number of esters is 1. The number of rotatable bonds is 7. The number of piperidine rings is 1. The van der Waals surface area contributed by atoms with Crippen LogP contribution in [0.3, 0.4) is 0 Å². The number of anilines is 1. The minimum absolute atomic E-state index is 0.134.